The topological polar surface area (TPSA) is 187 Å². The lowest BCUT2D eigenvalue weighted by atomic mass is 9.54. The Bertz CT molecular complexity index is 1330. The minimum atomic E-state index is -2.68. The van der Waals surface area contributed by atoms with Crippen LogP contribution in [0.25, 0.3) is 17.1 Å². The average Bonchev–Trinajstić information content (AvgIpc) is 2.81. The number of phenols is 1. The molecule has 2 unspecified atom stereocenters. The molecule has 6 atom stereocenters. The third-order valence-electron chi connectivity index (χ3n) is 7.78. The van der Waals surface area contributed by atoms with Crippen LogP contribution in [0.1, 0.15) is 17.5 Å². The van der Waals surface area contributed by atoms with Crippen molar-refractivity contribution in [1.82, 2.24) is 14.9 Å². The molecule has 2 fully saturated rings. The van der Waals surface area contributed by atoms with Gasteiger partial charge in [-0.25, -0.2) is 9.97 Å². The van der Waals surface area contributed by atoms with E-state index in [0.717, 1.165) is 0 Å². The average molecular weight is 495 g/mol. The quantitative estimate of drug-likeness (QED) is 0.351. The number of ketones is 2. The fourth-order valence-electron chi connectivity index (χ4n) is 6.25. The number of aromatic hydroxyl groups is 1. The van der Waals surface area contributed by atoms with E-state index in [1.807, 2.05) is 0 Å². The highest BCUT2D eigenvalue weighted by Crippen LogP contribution is 2.53. The molecule has 1 heterocycles. The maximum Gasteiger partial charge on any atom is 0.230 e. The number of benzene rings is 1. The molecule has 0 radical (unpaired) electrons. The summed E-state index contributed by atoms with van der Waals surface area (Å²) in [5, 5.41) is 44.4. The number of nitrogens with zero attached hydrogens (tertiary/aromatic N) is 3. The van der Waals surface area contributed by atoms with Gasteiger partial charge < -0.3 is 31.1 Å². The lowest BCUT2D eigenvalue weighted by Crippen LogP contribution is -2.73. The number of fused-ring (bicyclic) bond motifs is 3. The van der Waals surface area contributed by atoms with Gasteiger partial charge in [0.2, 0.25) is 11.7 Å². The zero-order chi connectivity index (χ0) is 26.1. The monoisotopic (exact) mass is 494 g/mol. The van der Waals surface area contributed by atoms with Crippen molar-refractivity contribution in [2.75, 3.05) is 14.1 Å². The van der Waals surface area contributed by atoms with Gasteiger partial charge in [0, 0.05) is 35.5 Å². The largest absolute Gasteiger partial charge is 0.507 e. The predicted octanol–water partition coefficient (Wildman–Crippen LogP) is -0.414. The summed E-state index contributed by atoms with van der Waals surface area (Å²) in [6, 6.07) is 3.68. The van der Waals surface area contributed by atoms with E-state index < -0.39 is 58.7 Å². The highest BCUT2D eigenvalue weighted by atomic mass is 16.3. The number of nitrogens with two attached hydrogens (primary N) is 1. The van der Waals surface area contributed by atoms with Crippen molar-refractivity contribution >= 4 is 23.2 Å². The summed E-state index contributed by atoms with van der Waals surface area (Å²) < 4.78 is 0. The van der Waals surface area contributed by atoms with Crippen LogP contribution in [-0.2, 0) is 20.8 Å². The first-order valence-corrected chi connectivity index (χ1v) is 11.5. The molecule has 0 saturated heterocycles. The molecule has 11 nitrogen and oxygen atoms in total. The molecule has 188 valence electrons. The van der Waals surface area contributed by atoms with Crippen molar-refractivity contribution < 1.29 is 34.8 Å². The van der Waals surface area contributed by atoms with Gasteiger partial charge in [0.15, 0.2) is 17.2 Å². The van der Waals surface area contributed by atoms with Gasteiger partial charge in [-0.1, -0.05) is 0 Å². The molecule has 3 aliphatic carbocycles. The lowest BCUT2D eigenvalue weighted by Gasteiger charge is -2.53. The van der Waals surface area contributed by atoms with E-state index in [1.54, 1.807) is 43.5 Å². The second-order valence-electron chi connectivity index (χ2n) is 9.85. The van der Waals surface area contributed by atoms with Gasteiger partial charge in [-0.3, -0.25) is 14.4 Å². The fraction of sp³-hybridized carbons (Fsp3) is 0.400. The number of aliphatic hydroxyl groups is 3. The van der Waals surface area contributed by atoms with Crippen molar-refractivity contribution in [2.24, 2.45) is 23.5 Å². The van der Waals surface area contributed by atoms with Gasteiger partial charge in [-0.05, 0) is 56.6 Å². The van der Waals surface area contributed by atoms with Crippen molar-refractivity contribution in [1.29, 1.82) is 0 Å². The van der Waals surface area contributed by atoms with E-state index in [2.05, 4.69) is 9.97 Å². The van der Waals surface area contributed by atoms with Gasteiger partial charge in [0.25, 0.3) is 0 Å². The number of Topliss-reactive ketones (excluding diaryl/α,β-unsaturated/α-hetero) is 2. The molecular formula is C25H26N4O7. The smallest absolute Gasteiger partial charge is 0.230 e. The summed E-state index contributed by atoms with van der Waals surface area (Å²) >= 11 is 0. The number of likely N-dealkylation sites (N-methyl/N-ethyl adjacent to an activating group) is 1. The van der Waals surface area contributed by atoms with Crippen LogP contribution in [-0.4, -0.2) is 84.6 Å². The highest BCUT2D eigenvalue weighted by molar-refractivity contribution is 6.25. The molecule has 11 heteroatoms. The third-order valence-corrected chi connectivity index (χ3v) is 7.78. The Balaban J connectivity index is 1.71. The van der Waals surface area contributed by atoms with E-state index in [0.29, 0.717) is 17.0 Å². The van der Waals surface area contributed by atoms with Crippen LogP contribution in [0.4, 0.5) is 0 Å². The second kappa shape index (κ2) is 8.19. The number of amides is 1. The molecule has 1 aromatic heterocycles. The molecule has 1 aromatic carbocycles. The number of aliphatic hydroxyl groups excluding tert-OH is 2. The number of phenolic OH excluding ortho intramolecular Hbond substituents is 1. The maximum absolute atomic E-state index is 13.8. The molecule has 36 heavy (non-hydrogen) atoms. The summed E-state index contributed by atoms with van der Waals surface area (Å²) in [7, 11) is 3.21. The van der Waals surface area contributed by atoms with E-state index in [4.69, 9.17) is 5.73 Å². The van der Waals surface area contributed by atoms with Crippen LogP contribution >= 0.6 is 0 Å². The van der Waals surface area contributed by atoms with Crippen molar-refractivity contribution in [3.05, 3.63) is 47.3 Å². The van der Waals surface area contributed by atoms with Gasteiger partial charge >= 0.3 is 0 Å². The lowest BCUT2D eigenvalue weighted by molar-refractivity contribution is -0.184. The fourth-order valence-corrected chi connectivity index (χ4v) is 6.25. The van der Waals surface area contributed by atoms with Crippen molar-refractivity contribution in [2.45, 2.75) is 30.6 Å². The number of aromatic nitrogens is 2. The standard InChI is InChI=1S/C25H26N4O7/c1-29(2)18-13-9-10-8-12-11(24-27-6-3-7-28-24)4-5-14(30)16(12)19(31)15(10)21(33)25(13,36)22(34)17(20(18)32)23(26)35/h3-7,10,13,17-18,20,30-32,36H,8-9H2,1-2H3,(H2,26,35)/t10-,13-,17?,18-,20?,25-/m0/s1. The molecule has 0 aliphatic heterocycles. The normalized spacial score (nSPS) is 31.6. The summed E-state index contributed by atoms with van der Waals surface area (Å²) in [6.07, 6.45) is 1.81. The molecule has 1 amide bonds. The summed E-state index contributed by atoms with van der Waals surface area (Å²) in [5.74, 6) is -7.39. The van der Waals surface area contributed by atoms with Crippen LogP contribution in [0.5, 0.6) is 5.75 Å². The van der Waals surface area contributed by atoms with Crippen LogP contribution in [0.15, 0.2) is 36.2 Å². The maximum atomic E-state index is 13.8. The summed E-state index contributed by atoms with van der Waals surface area (Å²) in [4.78, 5) is 49.3. The van der Waals surface area contributed by atoms with Crippen molar-refractivity contribution in [3.63, 3.8) is 0 Å². The first-order chi connectivity index (χ1) is 17.0. The van der Waals surface area contributed by atoms with E-state index in [9.17, 15) is 34.8 Å². The minimum Gasteiger partial charge on any atom is -0.507 e. The molecule has 3 aliphatic rings. The minimum absolute atomic E-state index is 0.000469. The van der Waals surface area contributed by atoms with E-state index in [1.165, 1.54) is 6.07 Å². The van der Waals surface area contributed by atoms with E-state index in [-0.39, 0.29) is 29.7 Å². The Kier molecular flexibility index (Phi) is 5.47. The number of rotatable bonds is 3. The molecule has 5 rings (SSSR count). The van der Waals surface area contributed by atoms with Gasteiger partial charge in [0.1, 0.15) is 17.4 Å². The predicted molar refractivity (Wildman–Crippen MR) is 125 cm³/mol. The molecule has 0 bridgehead atoms. The second-order valence-corrected chi connectivity index (χ2v) is 9.85. The molecule has 2 saturated carbocycles. The Labute approximate surface area is 205 Å². The number of carbonyl (C=O) groups excluding carboxylic acids is 3. The van der Waals surface area contributed by atoms with Gasteiger partial charge in [-0.2, -0.15) is 0 Å². The summed E-state index contributed by atoms with van der Waals surface area (Å²) in [6.45, 7) is 0. The first kappa shape index (κ1) is 24.0. The number of carbonyl (C=O) groups is 3. The third kappa shape index (κ3) is 3.13. The molecule has 2 aromatic rings. The first-order valence-electron chi connectivity index (χ1n) is 11.5. The van der Waals surface area contributed by atoms with E-state index >= 15 is 0 Å². The highest BCUT2D eigenvalue weighted by Gasteiger charge is 2.67. The van der Waals surface area contributed by atoms with Crippen LogP contribution in [0.2, 0.25) is 0 Å². The van der Waals surface area contributed by atoms with Gasteiger partial charge in [-0.15, -0.1) is 0 Å². The molecule has 0 spiro atoms. The number of hydrogen-bond acceptors (Lipinski definition) is 10. The zero-order valence-electron chi connectivity index (χ0n) is 19.6. The Morgan fingerprint density at radius 2 is 1.83 bits per heavy atom. The Morgan fingerprint density at radius 3 is 2.44 bits per heavy atom. The molecule has 6 N–H and O–H groups in total. The van der Waals surface area contributed by atoms with Gasteiger partial charge in [0.05, 0.1) is 11.7 Å². The number of primary amides is 1. The molecular weight excluding hydrogens is 468 g/mol. The summed E-state index contributed by atoms with van der Waals surface area (Å²) in [5.41, 5.74) is 3.58. The van der Waals surface area contributed by atoms with Crippen LogP contribution in [0.3, 0.4) is 0 Å². The SMILES string of the molecule is CN(C)[C@@H]1C(O)C(C(N)=O)C(=O)[C@@]2(O)C(=O)C3=C(O)c4c(O)ccc(-c5ncccn5)c4C[C@H]3C[C@@H]12. The van der Waals surface area contributed by atoms with Crippen molar-refractivity contribution in [3.8, 4) is 17.1 Å². The number of hydrogen-bond donors (Lipinski definition) is 5. The Morgan fingerprint density at radius 1 is 1.17 bits per heavy atom. The zero-order valence-corrected chi connectivity index (χ0v) is 19.6. The van der Waals surface area contributed by atoms with Crippen LogP contribution in [0, 0.1) is 17.8 Å². The van der Waals surface area contributed by atoms with Crippen LogP contribution < -0.4 is 5.73 Å². The Hall–Kier alpha value is -3.67.